The molecule has 0 unspecified atom stereocenters. The van der Waals surface area contributed by atoms with Crippen LogP contribution in [0.5, 0.6) is 5.88 Å². The second-order valence-electron chi connectivity index (χ2n) is 5.12. The average Bonchev–Trinajstić information content (AvgIpc) is 2.47. The van der Waals surface area contributed by atoms with Gasteiger partial charge in [0.1, 0.15) is 11.6 Å². The fourth-order valence-electron chi connectivity index (χ4n) is 1.96. The summed E-state index contributed by atoms with van der Waals surface area (Å²) in [6.07, 6.45) is 1.10. The molecule has 0 saturated carbocycles. The third kappa shape index (κ3) is 5.33. The number of hydrogen-bond acceptors (Lipinski definition) is 5. The molecule has 0 atom stereocenters. The lowest BCUT2D eigenvalue weighted by atomic mass is 10.2. The Bertz CT molecular complexity index is 391. The topological polar surface area (TPSA) is 50.3 Å². The van der Waals surface area contributed by atoms with Gasteiger partial charge in [-0.2, -0.15) is 4.98 Å². The van der Waals surface area contributed by atoms with Crippen LogP contribution in [0.1, 0.15) is 45.9 Å². The van der Waals surface area contributed by atoms with E-state index in [2.05, 4.69) is 47.9 Å². The molecule has 0 radical (unpaired) electrons. The van der Waals surface area contributed by atoms with Gasteiger partial charge in [0.2, 0.25) is 5.88 Å². The van der Waals surface area contributed by atoms with Crippen LogP contribution in [0.15, 0.2) is 6.07 Å². The van der Waals surface area contributed by atoms with Crippen LogP contribution in [0.2, 0.25) is 0 Å². The van der Waals surface area contributed by atoms with E-state index in [4.69, 9.17) is 4.74 Å². The molecule has 0 spiro atoms. The zero-order valence-corrected chi connectivity index (χ0v) is 13.4. The Morgan fingerprint density at radius 2 is 1.95 bits per heavy atom. The van der Waals surface area contributed by atoms with E-state index in [1.54, 1.807) is 7.11 Å². The number of nitrogens with one attached hydrogen (secondary N) is 1. The van der Waals surface area contributed by atoms with Crippen molar-refractivity contribution in [2.75, 3.05) is 38.6 Å². The quantitative estimate of drug-likeness (QED) is 0.705. The van der Waals surface area contributed by atoms with Crippen LogP contribution in [0.4, 0.5) is 5.82 Å². The van der Waals surface area contributed by atoms with Gasteiger partial charge in [-0.05, 0) is 26.1 Å². The summed E-state index contributed by atoms with van der Waals surface area (Å²) in [5.74, 6) is 2.58. The number of anilines is 1. The van der Waals surface area contributed by atoms with Gasteiger partial charge in [0.25, 0.3) is 0 Å². The van der Waals surface area contributed by atoms with Crippen molar-refractivity contribution in [3.05, 3.63) is 11.9 Å². The molecule has 1 aromatic rings. The first-order chi connectivity index (χ1) is 9.60. The van der Waals surface area contributed by atoms with Gasteiger partial charge in [0, 0.05) is 18.5 Å². The summed E-state index contributed by atoms with van der Waals surface area (Å²) in [5.41, 5.74) is 0. The fourth-order valence-corrected chi connectivity index (χ4v) is 1.96. The zero-order chi connectivity index (χ0) is 15.0. The largest absolute Gasteiger partial charge is 0.481 e. The molecule has 114 valence electrons. The van der Waals surface area contributed by atoms with Crippen molar-refractivity contribution in [2.24, 2.45) is 0 Å². The van der Waals surface area contributed by atoms with Gasteiger partial charge in [0.15, 0.2) is 0 Å². The van der Waals surface area contributed by atoms with Gasteiger partial charge >= 0.3 is 0 Å². The summed E-state index contributed by atoms with van der Waals surface area (Å²) < 4.78 is 5.23. The van der Waals surface area contributed by atoms with Gasteiger partial charge < -0.3 is 15.0 Å². The van der Waals surface area contributed by atoms with E-state index in [-0.39, 0.29) is 0 Å². The van der Waals surface area contributed by atoms with Crippen LogP contribution in [0.3, 0.4) is 0 Å². The Morgan fingerprint density at radius 3 is 2.50 bits per heavy atom. The molecule has 20 heavy (non-hydrogen) atoms. The first-order valence-electron chi connectivity index (χ1n) is 7.49. The maximum atomic E-state index is 5.23. The molecule has 1 heterocycles. The van der Waals surface area contributed by atoms with Gasteiger partial charge in [-0.3, -0.25) is 0 Å². The lowest BCUT2D eigenvalue weighted by molar-refractivity contribution is 0.303. The molecular weight excluding hydrogens is 252 g/mol. The van der Waals surface area contributed by atoms with E-state index >= 15 is 0 Å². The molecule has 1 N–H and O–H groups in total. The van der Waals surface area contributed by atoms with E-state index in [9.17, 15) is 0 Å². The highest BCUT2D eigenvalue weighted by Gasteiger charge is 2.08. The lowest BCUT2D eigenvalue weighted by Gasteiger charge is -2.18. The first-order valence-corrected chi connectivity index (χ1v) is 7.49. The second kappa shape index (κ2) is 8.74. The Hall–Kier alpha value is -1.36. The highest BCUT2D eigenvalue weighted by molar-refractivity contribution is 5.38. The van der Waals surface area contributed by atoms with Crippen LogP contribution >= 0.6 is 0 Å². The molecule has 5 nitrogen and oxygen atoms in total. The van der Waals surface area contributed by atoms with Crippen LogP contribution < -0.4 is 10.1 Å². The van der Waals surface area contributed by atoms with Crippen molar-refractivity contribution in [3.8, 4) is 5.88 Å². The van der Waals surface area contributed by atoms with Gasteiger partial charge in [-0.1, -0.05) is 27.7 Å². The number of rotatable bonds is 9. The van der Waals surface area contributed by atoms with Gasteiger partial charge in [-0.25, -0.2) is 4.98 Å². The van der Waals surface area contributed by atoms with Gasteiger partial charge in [0.05, 0.1) is 7.11 Å². The van der Waals surface area contributed by atoms with Crippen LogP contribution in [0, 0.1) is 0 Å². The minimum atomic E-state index is 0.293. The van der Waals surface area contributed by atoms with E-state index in [0.717, 1.165) is 44.2 Å². The normalized spacial score (nSPS) is 11.2. The molecule has 0 aliphatic rings. The summed E-state index contributed by atoms with van der Waals surface area (Å²) in [6, 6.07) is 1.85. The zero-order valence-electron chi connectivity index (χ0n) is 13.4. The minimum absolute atomic E-state index is 0.293. The monoisotopic (exact) mass is 280 g/mol. The summed E-state index contributed by atoms with van der Waals surface area (Å²) in [4.78, 5) is 11.3. The van der Waals surface area contributed by atoms with Crippen LogP contribution in [-0.2, 0) is 0 Å². The van der Waals surface area contributed by atoms with Crippen molar-refractivity contribution in [1.29, 1.82) is 0 Å². The number of methoxy groups -OCH3 is 1. The molecule has 0 bridgehead atoms. The van der Waals surface area contributed by atoms with E-state index in [1.165, 1.54) is 0 Å². The van der Waals surface area contributed by atoms with Gasteiger partial charge in [-0.15, -0.1) is 0 Å². The molecule has 1 rings (SSSR count). The predicted molar refractivity (Wildman–Crippen MR) is 83.6 cm³/mol. The van der Waals surface area contributed by atoms with E-state index < -0.39 is 0 Å². The lowest BCUT2D eigenvalue weighted by Crippen LogP contribution is -2.25. The SMILES string of the molecule is CCN(CC)CCCNc1cc(OC)nc(C(C)C)n1. The Balaban J connectivity index is 2.52. The number of hydrogen-bond donors (Lipinski definition) is 1. The summed E-state index contributed by atoms with van der Waals surface area (Å²) >= 11 is 0. The maximum Gasteiger partial charge on any atom is 0.218 e. The highest BCUT2D eigenvalue weighted by Crippen LogP contribution is 2.18. The number of ether oxygens (including phenoxy) is 1. The number of nitrogens with zero attached hydrogens (tertiary/aromatic N) is 3. The van der Waals surface area contributed by atoms with E-state index in [1.807, 2.05) is 6.07 Å². The Morgan fingerprint density at radius 1 is 1.25 bits per heavy atom. The molecule has 1 aromatic heterocycles. The third-order valence-electron chi connectivity index (χ3n) is 3.30. The second-order valence-corrected chi connectivity index (χ2v) is 5.12. The minimum Gasteiger partial charge on any atom is -0.481 e. The molecule has 0 aromatic carbocycles. The van der Waals surface area contributed by atoms with Crippen molar-refractivity contribution in [1.82, 2.24) is 14.9 Å². The molecular formula is C15H28N4O. The molecule has 0 saturated heterocycles. The van der Waals surface area contributed by atoms with Crippen molar-refractivity contribution < 1.29 is 4.74 Å². The summed E-state index contributed by atoms with van der Waals surface area (Å²) in [6.45, 7) is 12.8. The maximum absolute atomic E-state index is 5.23. The van der Waals surface area contributed by atoms with Crippen LogP contribution in [0.25, 0.3) is 0 Å². The third-order valence-corrected chi connectivity index (χ3v) is 3.30. The predicted octanol–water partition coefficient (Wildman–Crippen LogP) is 2.75. The average molecular weight is 280 g/mol. The molecule has 0 fully saturated rings. The molecule has 5 heteroatoms. The summed E-state index contributed by atoms with van der Waals surface area (Å²) in [5, 5.41) is 3.36. The van der Waals surface area contributed by atoms with Crippen molar-refractivity contribution in [3.63, 3.8) is 0 Å². The van der Waals surface area contributed by atoms with E-state index in [0.29, 0.717) is 11.8 Å². The molecule has 0 aliphatic carbocycles. The standard InChI is InChI=1S/C15H28N4O/c1-6-19(7-2)10-8-9-16-13-11-14(20-5)18-15(17-13)12(3)4/h11-12H,6-10H2,1-5H3,(H,16,17,18). The first kappa shape index (κ1) is 16.7. The van der Waals surface area contributed by atoms with Crippen LogP contribution in [-0.4, -0.2) is 48.2 Å². The Labute approximate surface area is 122 Å². The molecule has 0 aliphatic heterocycles. The van der Waals surface area contributed by atoms with Crippen molar-refractivity contribution >= 4 is 5.82 Å². The summed E-state index contributed by atoms with van der Waals surface area (Å²) in [7, 11) is 1.64. The van der Waals surface area contributed by atoms with Crippen molar-refractivity contribution in [2.45, 2.75) is 40.0 Å². The Kier molecular flexibility index (Phi) is 7.30. The smallest absolute Gasteiger partial charge is 0.218 e. The highest BCUT2D eigenvalue weighted by atomic mass is 16.5. The molecule has 0 amide bonds. The number of aromatic nitrogens is 2. The fraction of sp³-hybridized carbons (Fsp3) is 0.733.